The number of fused-ring (bicyclic) bond motifs is 1. The Labute approximate surface area is 213 Å². The van der Waals surface area contributed by atoms with E-state index in [2.05, 4.69) is 25.6 Å². The number of amides is 2. The Bertz CT molecular complexity index is 1360. The first kappa shape index (κ1) is 24.0. The number of carbonyl (C=O) groups is 2. The largest absolute Gasteiger partial charge is 0.339 e. The number of nitrogens with zero attached hydrogens (tertiary/aromatic N) is 5. The van der Waals surface area contributed by atoms with Crippen molar-refractivity contribution in [3.8, 4) is 11.3 Å². The number of nitrogens with one attached hydrogen (secondary N) is 2. The zero-order chi connectivity index (χ0) is 25.1. The van der Waals surface area contributed by atoms with Crippen LogP contribution in [0.25, 0.3) is 21.6 Å². The van der Waals surface area contributed by atoms with Gasteiger partial charge in [-0.3, -0.25) is 14.6 Å². The van der Waals surface area contributed by atoms with E-state index in [4.69, 9.17) is 4.98 Å². The summed E-state index contributed by atoms with van der Waals surface area (Å²) in [4.78, 5) is 47.3. The molecule has 3 atom stereocenters. The number of likely N-dealkylation sites (tertiary alicyclic amines) is 1. The smallest absolute Gasteiger partial charge is 0.250 e. The van der Waals surface area contributed by atoms with Crippen molar-refractivity contribution in [3.05, 3.63) is 71.8 Å². The molecular weight excluding hydrogens is 474 g/mol. The first-order chi connectivity index (χ1) is 17.6. The van der Waals surface area contributed by atoms with Gasteiger partial charge in [-0.1, -0.05) is 47.7 Å². The van der Waals surface area contributed by atoms with Crippen molar-refractivity contribution in [2.45, 2.75) is 37.9 Å². The molecular formula is C26H27N7O2S. The molecule has 0 aliphatic carbocycles. The van der Waals surface area contributed by atoms with Gasteiger partial charge < -0.3 is 15.5 Å². The molecule has 10 heteroatoms. The summed E-state index contributed by atoms with van der Waals surface area (Å²) >= 11 is 1.49. The van der Waals surface area contributed by atoms with E-state index in [1.54, 1.807) is 38.8 Å². The number of hydrogen-bond acceptors (Lipinski definition) is 8. The van der Waals surface area contributed by atoms with E-state index in [1.165, 1.54) is 11.3 Å². The van der Waals surface area contributed by atoms with Gasteiger partial charge in [0.05, 0.1) is 12.1 Å². The highest BCUT2D eigenvalue weighted by Crippen LogP contribution is 2.39. The molecule has 0 radical (unpaired) electrons. The maximum Gasteiger partial charge on any atom is 0.250 e. The van der Waals surface area contributed by atoms with Crippen molar-refractivity contribution in [1.29, 1.82) is 0 Å². The van der Waals surface area contributed by atoms with Crippen molar-refractivity contribution in [2.75, 3.05) is 13.6 Å². The van der Waals surface area contributed by atoms with Crippen LogP contribution < -0.4 is 10.6 Å². The number of benzene rings is 1. The highest BCUT2D eigenvalue weighted by molar-refractivity contribution is 7.18. The molecule has 9 nitrogen and oxygen atoms in total. The number of hydrogen-bond donors (Lipinski definition) is 2. The Kier molecular flexibility index (Phi) is 6.97. The average molecular weight is 502 g/mol. The SMILES string of the molecule is CN[C@@H](C)C(=O)N[C@H](C(=O)N1CCCC1c1nc2c(-c3ccccc3)ncnc2s1)c1cccnc1. The lowest BCUT2D eigenvalue weighted by atomic mass is 10.1. The molecule has 1 unspecified atom stereocenters. The number of rotatable bonds is 7. The summed E-state index contributed by atoms with van der Waals surface area (Å²) in [7, 11) is 1.71. The third kappa shape index (κ3) is 4.69. The quantitative estimate of drug-likeness (QED) is 0.400. The van der Waals surface area contributed by atoms with Gasteiger partial charge in [-0.05, 0) is 32.9 Å². The first-order valence-electron chi connectivity index (χ1n) is 11.9. The number of likely N-dealkylation sites (N-methyl/N-ethyl adjacent to an activating group) is 1. The second-order valence-electron chi connectivity index (χ2n) is 8.72. The van der Waals surface area contributed by atoms with Gasteiger partial charge >= 0.3 is 0 Å². The maximum atomic E-state index is 13.9. The van der Waals surface area contributed by atoms with Gasteiger partial charge in [0.25, 0.3) is 0 Å². The molecule has 36 heavy (non-hydrogen) atoms. The minimum absolute atomic E-state index is 0.171. The molecule has 0 saturated carbocycles. The van der Waals surface area contributed by atoms with Gasteiger partial charge in [0.15, 0.2) is 0 Å². The van der Waals surface area contributed by atoms with Gasteiger partial charge in [-0.15, -0.1) is 0 Å². The summed E-state index contributed by atoms with van der Waals surface area (Å²) in [5, 5.41) is 6.67. The van der Waals surface area contributed by atoms with E-state index in [-0.39, 0.29) is 17.9 Å². The highest BCUT2D eigenvalue weighted by Gasteiger charge is 2.37. The Balaban J connectivity index is 1.47. The zero-order valence-corrected chi connectivity index (χ0v) is 20.9. The first-order valence-corrected chi connectivity index (χ1v) is 12.7. The van der Waals surface area contributed by atoms with E-state index in [0.29, 0.717) is 12.1 Å². The topological polar surface area (TPSA) is 113 Å². The lowest BCUT2D eigenvalue weighted by molar-refractivity contribution is -0.137. The van der Waals surface area contributed by atoms with E-state index < -0.39 is 12.1 Å². The number of carbonyl (C=O) groups excluding carboxylic acids is 2. The second kappa shape index (κ2) is 10.5. The molecule has 1 aliphatic rings. The van der Waals surface area contributed by atoms with Crippen LogP contribution in [-0.4, -0.2) is 56.3 Å². The van der Waals surface area contributed by atoms with Gasteiger partial charge in [0.2, 0.25) is 11.8 Å². The van der Waals surface area contributed by atoms with Crippen LogP contribution in [0.5, 0.6) is 0 Å². The van der Waals surface area contributed by atoms with Crippen LogP contribution in [0, 0.1) is 0 Å². The molecule has 184 valence electrons. The van der Waals surface area contributed by atoms with Crippen LogP contribution in [0.3, 0.4) is 0 Å². The molecule has 0 spiro atoms. The van der Waals surface area contributed by atoms with Gasteiger partial charge in [0, 0.05) is 30.1 Å². The van der Waals surface area contributed by atoms with Crippen LogP contribution in [0.1, 0.15) is 42.4 Å². The van der Waals surface area contributed by atoms with E-state index >= 15 is 0 Å². The lowest BCUT2D eigenvalue weighted by Crippen LogP contribution is -2.47. The fraction of sp³-hybridized carbons (Fsp3) is 0.308. The number of aromatic nitrogens is 4. The van der Waals surface area contributed by atoms with Crippen molar-refractivity contribution in [1.82, 2.24) is 35.5 Å². The Morgan fingerprint density at radius 3 is 2.72 bits per heavy atom. The number of thiazole rings is 1. The summed E-state index contributed by atoms with van der Waals surface area (Å²) in [5.41, 5.74) is 3.13. The molecule has 1 saturated heterocycles. The summed E-state index contributed by atoms with van der Waals surface area (Å²) in [6.07, 6.45) is 6.47. The molecule has 4 heterocycles. The Hall–Kier alpha value is -3.76. The van der Waals surface area contributed by atoms with Crippen molar-refractivity contribution in [3.63, 3.8) is 0 Å². The predicted molar refractivity (Wildman–Crippen MR) is 138 cm³/mol. The molecule has 2 amide bonds. The summed E-state index contributed by atoms with van der Waals surface area (Å²) in [6.45, 7) is 2.34. The fourth-order valence-corrected chi connectivity index (χ4v) is 5.46. The number of pyridine rings is 1. The third-order valence-electron chi connectivity index (χ3n) is 6.46. The average Bonchev–Trinajstić information content (AvgIpc) is 3.59. The second-order valence-corrected chi connectivity index (χ2v) is 9.73. The minimum atomic E-state index is -0.836. The van der Waals surface area contributed by atoms with Crippen LogP contribution in [0.15, 0.2) is 61.2 Å². The molecule has 5 rings (SSSR count). The van der Waals surface area contributed by atoms with Gasteiger partial charge in [0.1, 0.15) is 33.4 Å². The van der Waals surface area contributed by atoms with Gasteiger partial charge in [-0.25, -0.2) is 15.0 Å². The standard InChI is InChI=1S/C26H27N7O2S/c1-16(27-2)23(34)31-21(18-10-6-12-28-14-18)26(35)33-13-7-11-19(33)24-32-22-20(17-8-4-3-5-9-17)29-15-30-25(22)36-24/h3-6,8-10,12,14-16,19,21,27H,7,11,13H2,1-2H3,(H,31,34)/t16-,19?,21-/m0/s1. The molecule has 4 aromatic rings. The Morgan fingerprint density at radius 1 is 1.14 bits per heavy atom. The van der Waals surface area contributed by atoms with Crippen molar-refractivity contribution in [2.24, 2.45) is 0 Å². The highest BCUT2D eigenvalue weighted by atomic mass is 32.1. The van der Waals surface area contributed by atoms with Crippen LogP contribution >= 0.6 is 11.3 Å². The fourth-order valence-electron chi connectivity index (χ4n) is 4.41. The van der Waals surface area contributed by atoms with Gasteiger partial charge in [-0.2, -0.15) is 0 Å². The van der Waals surface area contributed by atoms with Crippen molar-refractivity contribution < 1.29 is 9.59 Å². The zero-order valence-electron chi connectivity index (χ0n) is 20.1. The molecule has 2 N–H and O–H groups in total. The molecule has 3 aromatic heterocycles. The third-order valence-corrected chi connectivity index (χ3v) is 7.52. The van der Waals surface area contributed by atoms with E-state index in [0.717, 1.165) is 39.5 Å². The van der Waals surface area contributed by atoms with Crippen molar-refractivity contribution >= 4 is 33.5 Å². The van der Waals surface area contributed by atoms with E-state index in [9.17, 15) is 9.59 Å². The molecule has 0 bridgehead atoms. The van der Waals surface area contributed by atoms with E-state index in [1.807, 2.05) is 41.3 Å². The maximum absolute atomic E-state index is 13.9. The lowest BCUT2D eigenvalue weighted by Gasteiger charge is -2.29. The monoisotopic (exact) mass is 501 g/mol. The van der Waals surface area contributed by atoms with Crippen LogP contribution in [-0.2, 0) is 9.59 Å². The summed E-state index contributed by atoms with van der Waals surface area (Å²) in [5.74, 6) is -0.422. The normalized spacial score (nSPS) is 17.2. The molecule has 1 aromatic carbocycles. The Morgan fingerprint density at radius 2 is 1.97 bits per heavy atom. The molecule has 1 aliphatic heterocycles. The van der Waals surface area contributed by atoms with Crippen LogP contribution in [0.4, 0.5) is 0 Å². The summed E-state index contributed by atoms with van der Waals surface area (Å²) < 4.78 is 0. The summed E-state index contributed by atoms with van der Waals surface area (Å²) in [6, 6.07) is 12.0. The molecule has 1 fully saturated rings. The predicted octanol–water partition coefficient (Wildman–Crippen LogP) is 3.28. The van der Waals surface area contributed by atoms with Crippen LogP contribution in [0.2, 0.25) is 0 Å². The minimum Gasteiger partial charge on any atom is -0.339 e.